The number of pyridine rings is 2. The molecule has 4 aromatic rings. The van der Waals surface area contributed by atoms with Gasteiger partial charge in [0.15, 0.2) is 5.75 Å². The minimum absolute atomic E-state index is 0.0241. The summed E-state index contributed by atoms with van der Waals surface area (Å²) in [5, 5.41) is 24.2. The number of nitrogens with zero attached hydrogens (tertiary/aromatic N) is 4. The summed E-state index contributed by atoms with van der Waals surface area (Å²) in [7, 11) is 0. The minimum Gasteiger partial charge on any atom is -0.504 e. The van der Waals surface area contributed by atoms with Gasteiger partial charge in [0, 0.05) is 60.6 Å². The van der Waals surface area contributed by atoms with Crippen LogP contribution >= 0.6 is 0 Å². The Bertz CT molecular complexity index is 1530. The molecule has 0 spiro atoms. The smallest absolute Gasteiger partial charge is 0.159 e. The molecule has 37 heavy (non-hydrogen) atoms. The number of piperidine rings is 1. The third kappa shape index (κ3) is 4.24. The summed E-state index contributed by atoms with van der Waals surface area (Å²) < 4.78 is 34.6. The van der Waals surface area contributed by atoms with E-state index < -0.39 is 11.6 Å². The maximum absolute atomic E-state index is 14.3. The molecule has 0 saturated carbocycles. The average molecular weight is 500 g/mol. The third-order valence-corrected chi connectivity index (χ3v) is 7.05. The number of anilines is 1. The van der Waals surface area contributed by atoms with Crippen LogP contribution in [-0.2, 0) is 4.74 Å². The predicted molar refractivity (Wildman–Crippen MR) is 135 cm³/mol. The largest absolute Gasteiger partial charge is 0.504 e. The molecule has 0 amide bonds. The van der Waals surface area contributed by atoms with Crippen LogP contribution in [-0.4, -0.2) is 53.5 Å². The molecule has 2 aliphatic rings. The first-order valence-electron chi connectivity index (χ1n) is 12.1. The lowest BCUT2D eigenvalue weighted by atomic mass is 9.95. The zero-order valence-electron chi connectivity index (χ0n) is 19.8. The molecule has 1 unspecified atom stereocenters. The Morgan fingerprint density at radius 1 is 1.08 bits per heavy atom. The van der Waals surface area contributed by atoms with E-state index in [1.807, 2.05) is 18.2 Å². The standard InChI is InChI=1S/C28H23F2N5O2/c29-19-9-18(10-20(30)12-19)22-14-34-23-2-1-16(26-28(36)17(13-31)3-5-33-26)11-21(23)27(22)35-7-4-24-25(15-35)37-8-6-32-24/h1-3,5,9-12,14,24-25,32,36H,4,6-8,15H2/t24?,25-/m1/s1. The first kappa shape index (κ1) is 23.3. The van der Waals surface area contributed by atoms with Gasteiger partial charge in [-0.15, -0.1) is 0 Å². The molecule has 4 heterocycles. The number of hydrogen-bond donors (Lipinski definition) is 2. The third-order valence-electron chi connectivity index (χ3n) is 7.05. The van der Waals surface area contributed by atoms with Gasteiger partial charge < -0.3 is 20.1 Å². The zero-order chi connectivity index (χ0) is 25.5. The molecule has 2 aromatic heterocycles. The van der Waals surface area contributed by atoms with Crippen LogP contribution in [0.4, 0.5) is 14.5 Å². The Balaban J connectivity index is 1.56. The molecule has 2 N–H and O–H groups in total. The molecular weight excluding hydrogens is 476 g/mol. The van der Waals surface area contributed by atoms with Gasteiger partial charge in [-0.25, -0.2) is 8.78 Å². The maximum atomic E-state index is 14.3. The summed E-state index contributed by atoms with van der Waals surface area (Å²) in [6.45, 7) is 2.74. The number of benzene rings is 2. The highest BCUT2D eigenvalue weighted by molar-refractivity contribution is 6.02. The van der Waals surface area contributed by atoms with Crippen LogP contribution in [0.15, 0.2) is 54.9 Å². The Labute approximate surface area is 212 Å². The lowest BCUT2D eigenvalue weighted by Gasteiger charge is -2.43. The fraction of sp³-hybridized carbons (Fsp3) is 0.250. The molecule has 2 aromatic carbocycles. The van der Waals surface area contributed by atoms with Crippen LogP contribution in [0.5, 0.6) is 5.75 Å². The number of nitriles is 1. The number of ether oxygens (including phenoxy) is 1. The van der Waals surface area contributed by atoms with Crippen LogP contribution < -0.4 is 10.2 Å². The predicted octanol–water partition coefficient (Wildman–Crippen LogP) is 4.39. The number of aromatic nitrogens is 2. The Hall–Kier alpha value is -4.13. The maximum Gasteiger partial charge on any atom is 0.159 e. The van der Waals surface area contributed by atoms with Gasteiger partial charge in [0.25, 0.3) is 0 Å². The van der Waals surface area contributed by atoms with Gasteiger partial charge in [-0.3, -0.25) is 9.97 Å². The van der Waals surface area contributed by atoms with Crippen molar-refractivity contribution in [2.24, 2.45) is 0 Å². The summed E-state index contributed by atoms with van der Waals surface area (Å²) in [6.07, 6.45) is 3.94. The second-order valence-electron chi connectivity index (χ2n) is 9.28. The molecule has 0 radical (unpaired) electrons. The SMILES string of the molecule is N#Cc1ccnc(-c2ccc3ncc(-c4cc(F)cc(F)c4)c(N4CCC5NCCO[C@@H]5C4)c3c2)c1O. The van der Waals surface area contributed by atoms with E-state index in [4.69, 9.17) is 4.74 Å². The second kappa shape index (κ2) is 9.39. The lowest BCUT2D eigenvalue weighted by Crippen LogP contribution is -2.57. The molecule has 9 heteroatoms. The van der Waals surface area contributed by atoms with Crippen molar-refractivity contribution in [3.05, 3.63) is 72.1 Å². The van der Waals surface area contributed by atoms with E-state index in [0.29, 0.717) is 41.9 Å². The van der Waals surface area contributed by atoms with Crippen LogP contribution in [0.2, 0.25) is 0 Å². The monoisotopic (exact) mass is 499 g/mol. The van der Waals surface area contributed by atoms with Gasteiger partial charge >= 0.3 is 0 Å². The number of rotatable bonds is 3. The van der Waals surface area contributed by atoms with E-state index >= 15 is 0 Å². The van der Waals surface area contributed by atoms with Gasteiger partial charge in [-0.2, -0.15) is 5.26 Å². The van der Waals surface area contributed by atoms with E-state index in [9.17, 15) is 19.1 Å². The fourth-order valence-corrected chi connectivity index (χ4v) is 5.32. The fourth-order valence-electron chi connectivity index (χ4n) is 5.32. The second-order valence-corrected chi connectivity index (χ2v) is 9.28. The molecule has 0 bridgehead atoms. The van der Waals surface area contributed by atoms with E-state index in [2.05, 4.69) is 20.2 Å². The van der Waals surface area contributed by atoms with Crippen LogP contribution in [0, 0.1) is 23.0 Å². The van der Waals surface area contributed by atoms with Gasteiger partial charge in [-0.05, 0) is 42.3 Å². The van der Waals surface area contributed by atoms with Crippen molar-refractivity contribution in [1.82, 2.24) is 15.3 Å². The van der Waals surface area contributed by atoms with Crippen molar-refractivity contribution in [3.63, 3.8) is 0 Å². The van der Waals surface area contributed by atoms with Crippen molar-refractivity contribution in [2.75, 3.05) is 31.1 Å². The summed E-state index contributed by atoms with van der Waals surface area (Å²) in [4.78, 5) is 11.1. The zero-order valence-corrected chi connectivity index (χ0v) is 19.8. The van der Waals surface area contributed by atoms with E-state index in [1.54, 1.807) is 12.3 Å². The van der Waals surface area contributed by atoms with Crippen LogP contribution in [0.3, 0.4) is 0 Å². The highest BCUT2D eigenvalue weighted by atomic mass is 19.1. The first-order chi connectivity index (χ1) is 18.0. The topological polar surface area (TPSA) is 94.3 Å². The van der Waals surface area contributed by atoms with Crippen LogP contribution in [0.1, 0.15) is 12.0 Å². The van der Waals surface area contributed by atoms with Crippen LogP contribution in [0.25, 0.3) is 33.3 Å². The average Bonchev–Trinajstić information content (AvgIpc) is 2.91. The van der Waals surface area contributed by atoms with Crippen molar-refractivity contribution in [3.8, 4) is 34.2 Å². The molecule has 186 valence electrons. The first-order valence-corrected chi connectivity index (χ1v) is 12.1. The molecule has 7 nitrogen and oxygen atoms in total. The number of halogens is 2. The van der Waals surface area contributed by atoms with Gasteiger partial charge in [0.2, 0.25) is 0 Å². The van der Waals surface area contributed by atoms with E-state index in [1.165, 1.54) is 24.4 Å². The molecule has 2 atom stereocenters. The number of aromatic hydroxyl groups is 1. The molecule has 2 aliphatic heterocycles. The summed E-state index contributed by atoms with van der Waals surface area (Å²) in [5.41, 5.74) is 3.42. The molecular formula is C28H23F2N5O2. The minimum atomic E-state index is -0.671. The number of nitrogens with one attached hydrogen (secondary N) is 1. The number of fused-ring (bicyclic) bond motifs is 2. The summed E-state index contributed by atoms with van der Waals surface area (Å²) in [5.74, 6) is -1.55. The van der Waals surface area contributed by atoms with E-state index in [-0.39, 0.29) is 29.2 Å². The quantitative estimate of drug-likeness (QED) is 0.432. The Morgan fingerprint density at radius 2 is 1.92 bits per heavy atom. The van der Waals surface area contributed by atoms with E-state index in [0.717, 1.165) is 30.1 Å². The van der Waals surface area contributed by atoms with Crippen molar-refractivity contribution < 1.29 is 18.6 Å². The molecule has 6 rings (SSSR count). The number of hydrogen-bond acceptors (Lipinski definition) is 7. The molecule has 2 fully saturated rings. The molecule has 0 aliphatic carbocycles. The van der Waals surface area contributed by atoms with Crippen molar-refractivity contribution >= 4 is 16.6 Å². The van der Waals surface area contributed by atoms with Gasteiger partial charge in [0.1, 0.15) is 23.4 Å². The highest BCUT2D eigenvalue weighted by Gasteiger charge is 2.33. The molecule has 2 saturated heterocycles. The summed E-state index contributed by atoms with van der Waals surface area (Å²) in [6, 6.07) is 12.6. The number of morpholine rings is 1. The van der Waals surface area contributed by atoms with Gasteiger partial charge in [0.05, 0.1) is 29.5 Å². The Kier molecular flexibility index (Phi) is 5.91. The summed E-state index contributed by atoms with van der Waals surface area (Å²) >= 11 is 0. The lowest BCUT2D eigenvalue weighted by molar-refractivity contribution is -0.00896. The van der Waals surface area contributed by atoms with Crippen molar-refractivity contribution in [2.45, 2.75) is 18.6 Å². The van der Waals surface area contributed by atoms with Gasteiger partial charge in [-0.1, -0.05) is 6.07 Å². The highest BCUT2D eigenvalue weighted by Crippen LogP contribution is 2.41. The van der Waals surface area contributed by atoms with Crippen molar-refractivity contribution in [1.29, 1.82) is 5.26 Å². The Morgan fingerprint density at radius 3 is 2.73 bits per heavy atom. The normalized spacial score (nSPS) is 19.4.